The van der Waals surface area contributed by atoms with Crippen LogP contribution in [0.4, 0.5) is 5.69 Å². The van der Waals surface area contributed by atoms with Gasteiger partial charge in [0.1, 0.15) is 5.75 Å². The SMILES string of the molecule is COc1cc(C)nc(Cn2ncc(NCCN)cc2=O)c1. The van der Waals surface area contributed by atoms with Gasteiger partial charge in [0.05, 0.1) is 31.2 Å². The number of rotatable bonds is 6. The second-order valence-corrected chi connectivity index (χ2v) is 4.60. The number of aryl methyl sites for hydroxylation is 1. The molecule has 2 aromatic rings. The van der Waals surface area contributed by atoms with Gasteiger partial charge in [0, 0.05) is 37.0 Å². The highest BCUT2D eigenvalue weighted by molar-refractivity contribution is 5.38. The van der Waals surface area contributed by atoms with E-state index in [0.29, 0.717) is 31.1 Å². The summed E-state index contributed by atoms with van der Waals surface area (Å²) < 4.78 is 6.55. The van der Waals surface area contributed by atoms with Crippen LogP contribution in [-0.4, -0.2) is 35.0 Å². The van der Waals surface area contributed by atoms with Crippen molar-refractivity contribution in [1.82, 2.24) is 14.8 Å². The number of ether oxygens (including phenoxy) is 1. The third-order valence-corrected chi connectivity index (χ3v) is 2.87. The van der Waals surface area contributed by atoms with Crippen LogP contribution < -0.4 is 21.3 Å². The summed E-state index contributed by atoms with van der Waals surface area (Å²) in [5, 5.41) is 7.15. The fourth-order valence-corrected chi connectivity index (χ4v) is 1.92. The van der Waals surface area contributed by atoms with Crippen molar-refractivity contribution < 1.29 is 4.74 Å². The van der Waals surface area contributed by atoms with Gasteiger partial charge in [0.2, 0.25) is 0 Å². The van der Waals surface area contributed by atoms with Crippen LogP contribution in [0.5, 0.6) is 5.75 Å². The lowest BCUT2D eigenvalue weighted by Crippen LogP contribution is -2.24. The van der Waals surface area contributed by atoms with E-state index in [1.165, 1.54) is 10.7 Å². The fraction of sp³-hybridized carbons (Fsp3) is 0.357. The molecule has 0 fully saturated rings. The Balaban J connectivity index is 2.20. The Morgan fingerprint density at radius 1 is 1.38 bits per heavy atom. The Kier molecular flexibility index (Phi) is 4.89. The van der Waals surface area contributed by atoms with E-state index in [1.54, 1.807) is 19.4 Å². The van der Waals surface area contributed by atoms with Gasteiger partial charge in [0.15, 0.2) is 0 Å². The molecule has 2 heterocycles. The van der Waals surface area contributed by atoms with Gasteiger partial charge in [-0.15, -0.1) is 0 Å². The number of pyridine rings is 1. The monoisotopic (exact) mass is 289 g/mol. The highest BCUT2D eigenvalue weighted by Gasteiger charge is 2.05. The topological polar surface area (TPSA) is 95.1 Å². The van der Waals surface area contributed by atoms with Crippen LogP contribution in [0.15, 0.2) is 29.2 Å². The van der Waals surface area contributed by atoms with E-state index in [2.05, 4.69) is 15.4 Å². The van der Waals surface area contributed by atoms with Crippen LogP contribution in [0.25, 0.3) is 0 Å². The second-order valence-electron chi connectivity index (χ2n) is 4.60. The molecular formula is C14H19N5O2. The van der Waals surface area contributed by atoms with Crippen LogP contribution in [0, 0.1) is 6.92 Å². The Labute approximate surface area is 122 Å². The lowest BCUT2D eigenvalue weighted by Gasteiger charge is -2.09. The van der Waals surface area contributed by atoms with Gasteiger partial charge in [-0.25, -0.2) is 4.68 Å². The van der Waals surface area contributed by atoms with Crippen molar-refractivity contribution in [3.8, 4) is 5.75 Å². The number of nitrogens with zero attached hydrogens (tertiary/aromatic N) is 3. The molecule has 0 saturated carbocycles. The Morgan fingerprint density at radius 2 is 2.19 bits per heavy atom. The molecule has 7 nitrogen and oxygen atoms in total. The largest absolute Gasteiger partial charge is 0.497 e. The first-order valence-corrected chi connectivity index (χ1v) is 6.65. The van der Waals surface area contributed by atoms with Crippen LogP contribution in [0.1, 0.15) is 11.4 Å². The Morgan fingerprint density at radius 3 is 2.86 bits per heavy atom. The van der Waals surface area contributed by atoms with Gasteiger partial charge in [-0.2, -0.15) is 5.10 Å². The van der Waals surface area contributed by atoms with Gasteiger partial charge in [-0.1, -0.05) is 0 Å². The zero-order valence-corrected chi connectivity index (χ0v) is 12.2. The molecule has 3 N–H and O–H groups in total. The van der Waals surface area contributed by atoms with Gasteiger partial charge in [-0.3, -0.25) is 9.78 Å². The second kappa shape index (κ2) is 6.85. The maximum Gasteiger partial charge on any atom is 0.269 e. The maximum absolute atomic E-state index is 12.0. The molecule has 0 bridgehead atoms. The highest BCUT2D eigenvalue weighted by Crippen LogP contribution is 2.13. The molecule has 0 unspecified atom stereocenters. The average Bonchev–Trinajstić information content (AvgIpc) is 2.47. The summed E-state index contributed by atoms with van der Waals surface area (Å²) >= 11 is 0. The van der Waals surface area contributed by atoms with Crippen molar-refractivity contribution in [2.24, 2.45) is 5.73 Å². The third-order valence-electron chi connectivity index (χ3n) is 2.87. The maximum atomic E-state index is 12.0. The van der Waals surface area contributed by atoms with Gasteiger partial charge >= 0.3 is 0 Å². The zero-order valence-electron chi connectivity index (χ0n) is 12.2. The van der Waals surface area contributed by atoms with E-state index < -0.39 is 0 Å². The molecule has 0 aliphatic rings. The smallest absolute Gasteiger partial charge is 0.269 e. The number of nitrogens with two attached hydrogens (primary N) is 1. The summed E-state index contributed by atoms with van der Waals surface area (Å²) in [6.45, 7) is 3.27. The molecule has 2 rings (SSSR count). The first kappa shape index (κ1) is 15.0. The molecule has 0 saturated heterocycles. The number of hydrogen-bond donors (Lipinski definition) is 2. The molecule has 2 aromatic heterocycles. The van der Waals surface area contributed by atoms with Crippen LogP contribution in [-0.2, 0) is 6.54 Å². The molecule has 0 aliphatic heterocycles. The van der Waals surface area contributed by atoms with E-state index in [0.717, 1.165) is 11.4 Å². The molecule has 112 valence electrons. The number of aromatic nitrogens is 3. The number of methoxy groups -OCH3 is 1. The van der Waals surface area contributed by atoms with E-state index in [-0.39, 0.29) is 5.56 Å². The molecule has 0 radical (unpaired) electrons. The lowest BCUT2D eigenvalue weighted by molar-refractivity contribution is 0.412. The van der Waals surface area contributed by atoms with Gasteiger partial charge in [-0.05, 0) is 6.92 Å². The minimum Gasteiger partial charge on any atom is -0.497 e. The summed E-state index contributed by atoms with van der Waals surface area (Å²) in [5.41, 5.74) is 7.43. The van der Waals surface area contributed by atoms with E-state index in [4.69, 9.17) is 10.5 Å². The normalized spacial score (nSPS) is 10.4. The van der Waals surface area contributed by atoms with Crippen LogP contribution in [0.3, 0.4) is 0 Å². The fourth-order valence-electron chi connectivity index (χ4n) is 1.92. The molecule has 21 heavy (non-hydrogen) atoms. The molecule has 0 amide bonds. The summed E-state index contributed by atoms with van der Waals surface area (Å²) in [6, 6.07) is 5.12. The van der Waals surface area contributed by atoms with E-state index >= 15 is 0 Å². The van der Waals surface area contributed by atoms with Crippen molar-refractivity contribution >= 4 is 5.69 Å². The van der Waals surface area contributed by atoms with Crippen molar-refractivity contribution in [1.29, 1.82) is 0 Å². The van der Waals surface area contributed by atoms with Crippen molar-refractivity contribution in [2.75, 3.05) is 25.5 Å². The van der Waals surface area contributed by atoms with Crippen molar-refractivity contribution in [3.63, 3.8) is 0 Å². The minimum atomic E-state index is -0.195. The average molecular weight is 289 g/mol. The van der Waals surface area contributed by atoms with Crippen LogP contribution in [0.2, 0.25) is 0 Å². The highest BCUT2D eigenvalue weighted by atomic mass is 16.5. The van der Waals surface area contributed by atoms with E-state index in [1.807, 2.05) is 13.0 Å². The summed E-state index contributed by atoms with van der Waals surface area (Å²) in [6.07, 6.45) is 1.60. The van der Waals surface area contributed by atoms with Crippen molar-refractivity contribution in [3.05, 3.63) is 46.1 Å². The molecule has 0 atom stereocenters. The Hall–Kier alpha value is -2.41. The summed E-state index contributed by atoms with van der Waals surface area (Å²) in [5.74, 6) is 0.715. The zero-order chi connectivity index (χ0) is 15.2. The molecule has 0 aromatic carbocycles. The van der Waals surface area contributed by atoms with E-state index in [9.17, 15) is 4.79 Å². The molecule has 7 heteroatoms. The minimum absolute atomic E-state index is 0.195. The van der Waals surface area contributed by atoms with Gasteiger partial charge in [0.25, 0.3) is 5.56 Å². The number of anilines is 1. The standard InChI is InChI=1S/C14H19N5O2/c1-10-5-13(21-2)6-12(18-10)9-19-14(20)7-11(8-17-19)16-4-3-15/h5-8,16H,3-4,9,15H2,1-2H3. The summed E-state index contributed by atoms with van der Waals surface area (Å²) in [4.78, 5) is 16.4. The van der Waals surface area contributed by atoms with Crippen molar-refractivity contribution in [2.45, 2.75) is 13.5 Å². The molecular weight excluding hydrogens is 270 g/mol. The number of nitrogens with one attached hydrogen (secondary N) is 1. The predicted molar refractivity (Wildman–Crippen MR) is 80.7 cm³/mol. The first-order chi connectivity index (χ1) is 10.1. The molecule has 0 spiro atoms. The quantitative estimate of drug-likeness (QED) is 0.798. The lowest BCUT2D eigenvalue weighted by atomic mass is 10.3. The predicted octanol–water partition coefficient (Wildman–Crippen LogP) is 0.374. The molecule has 0 aliphatic carbocycles. The third kappa shape index (κ3) is 4.03. The first-order valence-electron chi connectivity index (χ1n) is 6.65. The Bertz CT molecular complexity index is 669. The van der Waals surface area contributed by atoms with Gasteiger partial charge < -0.3 is 15.8 Å². The van der Waals surface area contributed by atoms with Crippen LogP contribution >= 0.6 is 0 Å². The number of hydrogen-bond acceptors (Lipinski definition) is 6. The summed E-state index contributed by atoms with van der Waals surface area (Å²) in [7, 11) is 1.60.